The predicted octanol–water partition coefficient (Wildman–Crippen LogP) is 2.79. The molecule has 2 aromatic carbocycles. The van der Waals surface area contributed by atoms with Gasteiger partial charge in [0.1, 0.15) is 0 Å². The molecule has 1 heterocycles. The van der Waals surface area contributed by atoms with Crippen LogP contribution < -0.4 is 5.56 Å². The number of benzene rings is 2. The highest BCUT2D eigenvalue weighted by Gasteiger charge is 2.09. The third-order valence-corrected chi connectivity index (χ3v) is 2.59. The maximum Gasteiger partial charge on any atom is 0.288 e. The van der Waals surface area contributed by atoms with Gasteiger partial charge >= 0.3 is 0 Å². The fourth-order valence-corrected chi connectivity index (χ4v) is 1.86. The first-order chi connectivity index (χ1) is 7.86. The SMILES string of the molecule is O=c1[nH]oc2cccc(-c3ccccc3)c12. The van der Waals surface area contributed by atoms with Gasteiger partial charge < -0.3 is 4.52 Å². The van der Waals surface area contributed by atoms with E-state index in [0.717, 1.165) is 11.1 Å². The van der Waals surface area contributed by atoms with Crippen molar-refractivity contribution < 1.29 is 4.52 Å². The van der Waals surface area contributed by atoms with Gasteiger partial charge in [0, 0.05) is 0 Å². The molecule has 1 aromatic heterocycles. The molecule has 0 unspecified atom stereocenters. The Hall–Kier alpha value is -2.29. The lowest BCUT2D eigenvalue weighted by atomic mass is 10.0. The van der Waals surface area contributed by atoms with Crippen molar-refractivity contribution in [1.82, 2.24) is 5.16 Å². The van der Waals surface area contributed by atoms with E-state index in [1.54, 1.807) is 6.07 Å². The van der Waals surface area contributed by atoms with Crippen LogP contribution in [0.4, 0.5) is 0 Å². The summed E-state index contributed by atoms with van der Waals surface area (Å²) in [7, 11) is 0. The van der Waals surface area contributed by atoms with E-state index in [1.165, 1.54) is 0 Å². The van der Waals surface area contributed by atoms with Crippen molar-refractivity contribution in [3.63, 3.8) is 0 Å². The van der Waals surface area contributed by atoms with Gasteiger partial charge in [-0.3, -0.25) is 4.79 Å². The molecule has 0 spiro atoms. The topological polar surface area (TPSA) is 46.0 Å². The minimum atomic E-state index is -0.186. The molecule has 0 aliphatic heterocycles. The van der Waals surface area contributed by atoms with Crippen LogP contribution in [0.25, 0.3) is 22.1 Å². The van der Waals surface area contributed by atoms with Crippen LogP contribution in [-0.2, 0) is 0 Å². The molecule has 0 fully saturated rings. The number of rotatable bonds is 1. The molecule has 0 amide bonds. The molecule has 3 heteroatoms. The molecule has 78 valence electrons. The molecule has 0 aliphatic carbocycles. The Morgan fingerprint density at radius 1 is 0.938 bits per heavy atom. The van der Waals surface area contributed by atoms with Gasteiger partial charge in [0.15, 0.2) is 5.58 Å². The van der Waals surface area contributed by atoms with Crippen LogP contribution in [0.2, 0.25) is 0 Å². The second kappa shape index (κ2) is 3.38. The molecular weight excluding hydrogens is 202 g/mol. The number of H-pyrrole nitrogens is 1. The second-order valence-corrected chi connectivity index (χ2v) is 3.58. The Morgan fingerprint density at radius 3 is 2.56 bits per heavy atom. The molecule has 16 heavy (non-hydrogen) atoms. The summed E-state index contributed by atoms with van der Waals surface area (Å²) in [5.74, 6) is 0. The first-order valence-electron chi connectivity index (χ1n) is 5.02. The number of aromatic amines is 1. The van der Waals surface area contributed by atoms with Crippen molar-refractivity contribution in [3.05, 3.63) is 58.9 Å². The molecular formula is C13H9NO2. The van der Waals surface area contributed by atoms with Crippen LogP contribution in [0.5, 0.6) is 0 Å². The van der Waals surface area contributed by atoms with Gasteiger partial charge in [-0.25, -0.2) is 0 Å². The minimum Gasteiger partial charge on any atom is -0.378 e. The highest BCUT2D eigenvalue weighted by molar-refractivity contribution is 5.92. The second-order valence-electron chi connectivity index (χ2n) is 3.58. The van der Waals surface area contributed by atoms with E-state index < -0.39 is 0 Å². The van der Waals surface area contributed by atoms with Gasteiger partial charge in [-0.15, -0.1) is 0 Å². The van der Waals surface area contributed by atoms with Crippen molar-refractivity contribution in [2.24, 2.45) is 0 Å². The van der Waals surface area contributed by atoms with Crippen molar-refractivity contribution in [2.75, 3.05) is 0 Å². The lowest BCUT2D eigenvalue weighted by Crippen LogP contribution is -1.98. The Kier molecular flexibility index (Phi) is 1.90. The number of hydrogen-bond acceptors (Lipinski definition) is 2. The van der Waals surface area contributed by atoms with E-state index in [-0.39, 0.29) is 5.56 Å². The van der Waals surface area contributed by atoms with E-state index in [9.17, 15) is 4.79 Å². The average molecular weight is 211 g/mol. The van der Waals surface area contributed by atoms with E-state index in [2.05, 4.69) is 5.16 Å². The Balaban J connectivity index is 2.40. The van der Waals surface area contributed by atoms with E-state index in [1.807, 2.05) is 42.5 Å². The largest absolute Gasteiger partial charge is 0.378 e. The number of hydrogen-bond donors (Lipinski definition) is 1. The summed E-state index contributed by atoms with van der Waals surface area (Å²) < 4.78 is 5.07. The van der Waals surface area contributed by atoms with Crippen molar-refractivity contribution in [1.29, 1.82) is 0 Å². The molecule has 0 atom stereocenters. The summed E-state index contributed by atoms with van der Waals surface area (Å²) in [4.78, 5) is 11.6. The summed E-state index contributed by atoms with van der Waals surface area (Å²) in [6.07, 6.45) is 0. The minimum absolute atomic E-state index is 0.186. The van der Waals surface area contributed by atoms with Gasteiger partial charge in [0.2, 0.25) is 0 Å². The monoisotopic (exact) mass is 211 g/mol. The van der Waals surface area contributed by atoms with Crippen molar-refractivity contribution in [3.8, 4) is 11.1 Å². The summed E-state index contributed by atoms with van der Waals surface area (Å²) in [6.45, 7) is 0. The number of nitrogens with one attached hydrogen (secondary N) is 1. The van der Waals surface area contributed by atoms with Crippen LogP contribution in [-0.4, -0.2) is 5.16 Å². The highest BCUT2D eigenvalue weighted by Crippen LogP contribution is 2.25. The zero-order valence-electron chi connectivity index (χ0n) is 8.44. The first kappa shape index (κ1) is 8.97. The highest BCUT2D eigenvalue weighted by atomic mass is 16.5. The third kappa shape index (κ3) is 1.26. The zero-order chi connectivity index (χ0) is 11.0. The molecule has 3 nitrogen and oxygen atoms in total. The zero-order valence-corrected chi connectivity index (χ0v) is 8.44. The lowest BCUT2D eigenvalue weighted by molar-refractivity contribution is 0.449. The molecule has 1 N–H and O–H groups in total. The maximum atomic E-state index is 11.6. The Bertz CT molecular complexity index is 680. The first-order valence-corrected chi connectivity index (χ1v) is 5.02. The van der Waals surface area contributed by atoms with Gasteiger partial charge in [-0.1, -0.05) is 42.5 Å². The lowest BCUT2D eigenvalue weighted by Gasteiger charge is -2.00. The number of aromatic nitrogens is 1. The molecule has 0 bridgehead atoms. The van der Waals surface area contributed by atoms with Crippen molar-refractivity contribution in [2.45, 2.75) is 0 Å². The molecule has 0 radical (unpaired) electrons. The van der Waals surface area contributed by atoms with E-state index in [4.69, 9.17) is 4.52 Å². The summed E-state index contributed by atoms with van der Waals surface area (Å²) in [6, 6.07) is 15.4. The average Bonchev–Trinajstić information content (AvgIpc) is 2.73. The fourth-order valence-electron chi connectivity index (χ4n) is 1.86. The smallest absolute Gasteiger partial charge is 0.288 e. The molecule has 3 aromatic rings. The Morgan fingerprint density at radius 2 is 1.75 bits per heavy atom. The van der Waals surface area contributed by atoms with Crippen LogP contribution in [0.15, 0.2) is 57.8 Å². The van der Waals surface area contributed by atoms with Gasteiger partial charge in [0.25, 0.3) is 5.56 Å². The molecule has 3 rings (SSSR count). The normalized spacial score (nSPS) is 10.8. The van der Waals surface area contributed by atoms with E-state index in [0.29, 0.717) is 11.0 Å². The number of fused-ring (bicyclic) bond motifs is 1. The van der Waals surface area contributed by atoms with Gasteiger partial charge in [-0.05, 0) is 17.2 Å². The summed E-state index contributed by atoms with van der Waals surface area (Å²) >= 11 is 0. The molecule has 0 saturated carbocycles. The maximum absolute atomic E-state index is 11.6. The fraction of sp³-hybridized carbons (Fsp3) is 0. The summed E-state index contributed by atoms with van der Waals surface area (Å²) in [5.41, 5.74) is 2.31. The van der Waals surface area contributed by atoms with E-state index >= 15 is 0 Å². The molecule has 0 saturated heterocycles. The van der Waals surface area contributed by atoms with Crippen LogP contribution >= 0.6 is 0 Å². The van der Waals surface area contributed by atoms with Crippen LogP contribution in [0, 0.1) is 0 Å². The predicted molar refractivity (Wildman–Crippen MR) is 62.3 cm³/mol. The quantitative estimate of drug-likeness (QED) is 0.672. The van der Waals surface area contributed by atoms with Crippen molar-refractivity contribution >= 4 is 11.0 Å². The Labute approximate surface area is 91.3 Å². The standard InChI is InChI=1S/C13H9NO2/c15-13-12-10(9-5-2-1-3-6-9)7-4-8-11(12)16-14-13/h1-8H,(H,14,15). The van der Waals surface area contributed by atoms with Gasteiger partial charge in [-0.2, -0.15) is 5.16 Å². The van der Waals surface area contributed by atoms with Crippen LogP contribution in [0.3, 0.4) is 0 Å². The third-order valence-electron chi connectivity index (χ3n) is 2.59. The molecule has 0 aliphatic rings. The van der Waals surface area contributed by atoms with Gasteiger partial charge in [0.05, 0.1) is 5.39 Å². The van der Waals surface area contributed by atoms with Crippen LogP contribution in [0.1, 0.15) is 0 Å². The summed E-state index contributed by atoms with van der Waals surface area (Å²) in [5, 5.41) is 2.96.